The average molecular weight is 261 g/mol. The smallest absolute Gasteiger partial charge is 0.258 e. The first-order valence-electron chi connectivity index (χ1n) is 6.60. The molecule has 0 spiro atoms. The van der Waals surface area contributed by atoms with Gasteiger partial charge in [-0.15, -0.1) is 0 Å². The number of nitrogens with one attached hydrogen (secondary N) is 1. The van der Waals surface area contributed by atoms with Crippen molar-refractivity contribution in [2.75, 3.05) is 18.0 Å². The van der Waals surface area contributed by atoms with Gasteiger partial charge in [-0.05, 0) is 32.3 Å². The number of anilines is 1. The molecule has 0 aliphatic carbocycles. The molecule has 1 aliphatic heterocycles. The third kappa shape index (κ3) is 2.20. The Bertz CT molecular complexity index is 674. The van der Waals surface area contributed by atoms with Gasteiger partial charge in [0.2, 0.25) is 0 Å². The third-order valence-corrected chi connectivity index (χ3v) is 3.59. The van der Waals surface area contributed by atoms with E-state index in [1.54, 1.807) is 13.0 Å². The number of rotatable bonds is 1. The van der Waals surface area contributed by atoms with E-state index in [0.29, 0.717) is 22.4 Å². The molecule has 2 heterocycles. The first-order valence-corrected chi connectivity index (χ1v) is 6.60. The van der Waals surface area contributed by atoms with E-state index >= 15 is 0 Å². The van der Waals surface area contributed by atoms with Crippen molar-refractivity contribution in [1.29, 1.82) is 0 Å². The van der Waals surface area contributed by atoms with Crippen molar-refractivity contribution >= 4 is 16.6 Å². The van der Waals surface area contributed by atoms with Crippen LogP contribution in [0.4, 0.5) is 10.1 Å². The van der Waals surface area contributed by atoms with Crippen molar-refractivity contribution in [1.82, 2.24) is 9.97 Å². The molecule has 0 radical (unpaired) electrons. The van der Waals surface area contributed by atoms with Crippen LogP contribution in [0.5, 0.6) is 0 Å². The summed E-state index contributed by atoms with van der Waals surface area (Å²) in [6, 6.07) is 2.99. The van der Waals surface area contributed by atoms with Gasteiger partial charge in [-0.2, -0.15) is 0 Å². The molecule has 1 aromatic carbocycles. The Morgan fingerprint density at radius 1 is 1.26 bits per heavy atom. The van der Waals surface area contributed by atoms with Gasteiger partial charge >= 0.3 is 0 Å². The summed E-state index contributed by atoms with van der Waals surface area (Å²) in [5.74, 6) is 0.203. The summed E-state index contributed by atoms with van der Waals surface area (Å²) in [5.41, 5.74) is 0.726. The Kier molecular flexibility index (Phi) is 2.97. The Balaban J connectivity index is 2.15. The maximum atomic E-state index is 14.2. The SMILES string of the molecule is Cc1nc2cc(F)c(N3CCCCC3)cc2c(=O)[nH]1. The van der Waals surface area contributed by atoms with Crippen LogP contribution in [0.2, 0.25) is 0 Å². The van der Waals surface area contributed by atoms with E-state index in [-0.39, 0.29) is 11.4 Å². The predicted molar refractivity (Wildman–Crippen MR) is 73.1 cm³/mol. The van der Waals surface area contributed by atoms with Crippen LogP contribution in [-0.2, 0) is 0 Å². The highest BCUT2D eigenvalue weighted by atomic mass is 19.1. The molecule has 0 bridgehead atoms. The Morgan fingerprint density at radius 2 is 2.00 bits per heavy atom. The van der Waals surface area contributed by atoms with Gasteiger partial charge < -0.3 is 9.88 Å². The number of aryl methyl sites for hydroxylation is 1. The number of hydrogen-bond donors (Lipinski definition) is 1. The number of fused-ring (bicyclic) bond motifs is 1. The Morgan fingerprint density at radius 3 is 2.74 bits per heavy atom. The summed E-state index contributed by atoms with van der Waals surface area (Å²) in [6.45, 7) is 3.39. The summed E-state index contributed by atoms with van der Waals surface area (Å²) in [4.78, 5) is 20.7. The van der Waals surface area contributed by atoms with Gasteiger partial charge in [0.15, 0.2) is 0 Å². The second-order valence-electron chi connectivity index (χ2n) is 5.02. The molecular formula is C14H16FN3O. The van der Waals surface area contributed by atoms with Crippen LogP contribution in [0.25, 0.3) is 10.9 Å². The molecule has 3 rings (SSSR count). The quantitative estimate of drug-likeness (QED) is 0.857. The molecule has 1 N–H and O–H groups in total. The number of piperidine rings is 1. The van der Waals surface area contributed by atoms with E-state index in [1.165, 1.54) is 12.5 Å². The lowest BCUT2D eigenvalue weighted by atomic mass is 10.1. The topological polar surface area (TPSA) is 49.0 Å². The van der Waals surface area contributed by atoms with Crippen LogP contribution in [0.3, 0.4) is 0 Å². The number of aromatic amines is 1. The zero-order valence-electron chi connectivity index (χ0n) is 10.9. The third-order valence-electron chi connectivity index (χ3n) is 3.59. The van der Waals surface area contributed by atoms with Gasteiger partial charge in [0.25, 0.3) is 5.56 Å². The Labute approximate surface area is 110 Å². The lowest BCUT2D eigenvalue weighted by Gasteiger charge is -2.29. The summed E-state index contributed by atoms with van der Waals surface area (Å²) < 4.78 is 14.2. The highest BCUT2D eigenvalue weighted by Gasteiger charge is 2.17. The number of H-pyrrole nitrogens is 1. The molecule has 1 aromatic heterocycles. The van der Waals surface area contributed by atoms with E-state index < -0.39 is 0 Å². The van der Waals surface area contributed by atoms with E-state index in [9.17, 15) is 9.18 Å². The molecule has 1 aliphatic rings. The molecule has 5 heteroatoms. The average Bonchev–Trinajstić information content (AvgIpc) is 2.38. The van der Waals surface area contributed by atoms with Gasteiger partial charge in [0, 0.05) is 19.2 Å². The molecule has 2 aromatic rings. The monoisotopic (exact) mass is 261 g/mol. The van der Waals surface area contributed by atoms with Crippen molar-refractivity contribution in [3.8, 4) is 0 Å². The minimum atomic E-state index is -0.299. The molecule has 4 nitrogen and oxygen atoms in total. The fourth-order valence-corrected chi connectivity index (χ4v) is 2.64. The second kappa shape index (κ2) is 4.64. The van der Waals surface area contributed by atoms with Crippen molar-refractivity contribution in [2.24, 2.45) is 0 Å². The van der Waals surface area contributed by atoms with Gasteiger partial charge in [-0.25, -0.2) is 9.37 Å². The van der Waals surface area contributed by atoms with E-state index in [1.807, 2.05) is 4.90 Å². The van der Waals surface area contributed by atoms with Crippen LogP contribution < -0.4 is 10.5 Å². The number of hydrogen-bond acceptors (Lipinski definition) is 3. The largest absolute Gasteiger partial charge is 0.369 e. The number of aromatic nitrogens is 2. The lowest BCUT2D eigenvalue weighted by molar-refractivity contribution is 0.557. The Hall–Kier alpha value is -1.91. The van der Waals surface area contributed by atoms with Crippen LogP contribution in [0, 0.1) is 12.7 Å². The fraction of sp³-hybridized carbons (Fsp3) is 0.429. The first-order chi connectivity index (χ1) is 9.15. The van der Waals surface area contributed by atoms with Crippen molar-refractivity contribution in [3.05, 3.63) is 34.1 Å². The molecule has 0 amide bonds. The van der Waals surface area contributed by atoms with E-state index in [4.69, 9.17) is 0 Å². The van der Waals surface area contributed by atoms with Crippen molar-refractivity contribution in [2.45, 2.75) is 26.2 Å². The van der Waals surface area contributed by atoms with Gasteiger partial charge in [-0.1, -0.05) is 0 Å². The molecule has 0 atom stereocenters. The predicted octanol–water partition coefficient (Wildman–Crippen LogP) is 2.36. The normalized spacial score (nSPS) is 16.0. The maximum Gasteiger partial charge on any atom is 0.258 e. The van der Waals surface area contributed by atoms with Gasteiger partial charge in [-0.3, -0.25) is 4.79 Å². The fourth-order valence-electron chi connectivity index (χ4n) is 2.64. The highest BCUT2D eigenvalue weighted by molar-refractivity contribution is 5.82. The second-order valence-corrected chi connectivity index (χ2v) is 5.02. The molecule has 0 unspecified atom stereocenters. The van der Waals surface area contributed by atoms with Crippen LogP contribution in [-0.4, -0.2) is 23.1 Å². The minimum absolute atomic E-state index is 0.208. The summed E-state index contributed by atoms with van der Waals surface area (Å²) in [7, 11) is 0. The molecule has 0 saturated carbocycles. The highest BCUT2D eigenvalue weighted by Crippen LogP contribution is 2.26. The van der Waals surface area contributed by atoms with Gasteiger partial charge in [0.1, 0.15) is 11.6 Å². The van der Waals surface area contributed by atoms with Crippen LogP contribution in [0.15, 0.2) is 16.9 Å². The maximum absolute atomic E-state index is 14.2. The summed E-state index contributed by atoms with van der Waals surface area (Å²) >= 11 is 0. The number of benzene rings is 1. The zero-order valence-corrected chi connectivity index (χ0v) is 10.9. The van der Waals surface area contributed by atoms with E-state index in [2.05, 4.69) is 9.97 Å². The molecule has 1 saturated heterocycles. The zero-order chi connectivity index (χ0) is 13.4. The standard InChI is InChI=1S/C14H16FN3O/c1-9-16-12-8-11(15)13(7-10(12)14(19)17-9)18-5-3-2-4-6-18/h7-8H,2-6H2,1H3,(H,16,17,19). The first kappa shape index (κ1) is 12.1. The van der Waals surface area contributed by atoms with Crippen molar-refractivity contribution in [3.63, 3.8) is 0 Å². The van der Waals surface area contributed by atoms with Crippen LogP contribution in [0.1, 0.15) is 25.1 Å². The summed E-state index contributed by atoms with van der Waals surface area (Å²) in [6.07, 6.45) is 3.33. The molecule has 100 valence electrons. The number of halogens is 1. The molecule has 1 fully saturated rings. The molecule has 19 heavy (non-hydrogen) atoms. The number of nitrogens with zero attached hydrogens (tertiary/aromatic N) is 2. The lowest BCUT2D eigenvalue weighted by Crippen LogP contribution is -2.30. The molecular weight excluding hydrogens is 245 g/mol. The minimum Gasteiger partial charge on any atom is -0.369 e. The van der Waals surface area contributed by atoms with Crippen LogP contribution >= 0.6 is 0 Å². The summed E-state index contributed by atoms with van der Waals surface area (Å²) in [5, 5.41) is 0.451. The van der Waals surface area contributed by atoms with E-state index in [0.717, 1.165) is 25.9 Å². The van der Waals surface area contributed by atoms with Gasteiger partial charge in [0.05, 0.1) is 16.6 Å². The van der Waals surface area contributed by atoms with Crippen molar-refractivity contribution < 1.29 is 4.39 Å².